The highest BCUT2D eigenvalue weighted by Gasteiger charge is 2.21. The number of nitrogens with zero attached hydrogens (tertiary/aromatic N) is 1. The van der Waals surface area contributed by atoms with Crippen molar-refractivity contribution in [2.75, 3.05) is 18.4 Å². The Labute approximate surface area is 115 Å². The smallest absolute Gasteiger partial charge is 0.260 e. The number of benzene rings is 1. The summed E-state index contributed by atoms with van der Waals surface area (Å²) in [7, 11) is 0. The third-order valence-corrected chi connectivity index (χ3v) is 2.98. The van der Waals surface area contributed by atoms with Gasteiger partial charge in [-0.25, -0.2) is 4.39 Å². The van der Waals surface area contributed by atoms with E-state index in [1.807, 2.05) is 6.92 Å². The molecule has 18 heavy (non-hydrogen) atoms. The fraction of sp³-hybridized carbons (Fsp3) is 0.462. The summed E-state index contributed by atoms with van der Waals surface area (Å²) in [6.07, 6.45) is 1.81. The van der Waals surface area contributed by atoms with Gasteiger partial charge < -0.3 is 10.0 Å². The highest BCUT2D eigenvalue weighted by Crippen LogP contribution is 2.21. The van der Waals surface area contributed by atoms with Gasteiger partial charge in [0, 0.05) is 18.4 Å². The summed E-state index contributed by atoms with van der Waals surface area (Å²) >= 11 is 3.27. The van der Waals surface area contributed by atoms with Gasteiger partial charge >= 0.3 is 0 Å². The summed E-state index contributed by atoms with van der Waals surface area (Å²) in [5, 5.41) is 10.2. The number of phenols is 1. The molecule has 0 radical (unpaired) electrons. The highest BCUT2D eigenvalue weighted by molar-refractivity contribution is 9.09. The number of hydrogen-bond donors (Lipinski definition) is 1. The van der Waals surface area contributed by atoms with E-state index in [2.05, 4.69) is 15.9 Å². The van der Waals surface area contributed by atoms with Crippen LogP contribution in [-0.4, -0.2) is 34.3 Å². The molecule has 0 aliphatic rings. The van der Waals surface area contributed by atoms with E-state index in [1.54, 1.807) is 4.90 Å². The van der Waals surface area contributed by atoms with Crippen LogP contribution in [0.3, 0.4) is 0 Å². The molecule has 3 nitrogen and oxygen atoms in total. The van der Waals surface area contributed by atoms with Crippen molar-refractivity contribution in [1.82, 2.24) is 4.90 Å². The lowest BCUT2D eigenvalue weighted by Gasteiger charge is -2.22. The minimum Gasteiger partial charge on any atom is -0.507 e. The summed E-state index contributed by atoms with van der Waals surface area (Å²) in [5.74, 6) is -1.45. The number of amides is 1. The van der Waals surface area contributed by atoms with Gasteiger partial charge in [-0.1, -0.05) is 35.3 Å². The summed E-state index contributed by atoms with van der Waals surface area (Å²) in [6.45, 7) is 3.08. The molecule has 0 unspecified atom stereocenters. The van der Waals surface area contributed by atoms with Gasteiger partial charge in [-0.2, -0.15) is 0 Å². The molecule has 5 heteroatoms. The van der Waals surface area contributed by atoms with Gasteiger partial charge in [0.15, 0.2) is 0 Å². The lowest BCUT2D eigenvalue weighted by Crippen LogP contribution is -2.34. The predicted octanol–water partition coefficient (Wildman–Crippen LogP) is 3.17. The maximum atomic E-state index is 13.6. The zero-order valence-corrected chi connectivity index (χ0v) is 11.9. The van der Waals surface area contributed by atoms with Gasteiger partial charge in [0.05, 0.1) is 0 Å². The van der Waals surface area contributed by atoms with Crippen LogP contribution in [0.5, 0.6) is 5.75 Å². The second kappa shape index (κ2) is 7.36. The van der Waals surface area contributed by atoms with Crippen LogP contribution in [-0.2, 0) is 0 Å². The first kappa shape index (κ1) is 15.0. The number of hydrogen-bond acceptors (Lipinski definition) is 2. The molecule has 1 amide bonds. The highest BCUT2D eigenvalue weighted by atomic mass is 79.9. The number of halogens is 2. The molecule has 0 aliphatic carbocycles. The van der Waals surface area contributed by atoms with E-state index in [0.29, 0.717) is 18.4 Å². The normalized spacial score (nSPS) is 10.4. The van der Waals surface area contributed by atoms with Gasteiger partial charge in [0.25, 0.3) is 5.91 Å². The average molecular weight is 318 g/mol. The first-order valence-corrected chi connectivity index (χ1v) is 7.06. The number of unbranched alkanes of at least 4 members (excludes halogenated alkanes) is 1. The largest absolute Gasteiger partial charge is 0.507 e. The Balaban J connectivity index is 2.94. The molecule has 0 bridgehead atoms. The molecule has 0 saturated carbocycles. The number of phenolic OH excluding ortho intramolecular Hbond substituents is 1. The fourth-order valence-electron chi connectivity index (χ4n) is 1.65. The molecule has 100 valence electrons. The molecule has 1 aromatic rings. The fourth-order valence-corrected chi connectivity index (χ4v) is 2.08. The first-order chi connectivity index (χ1) is 8.61. The molecule has 1 rings (SSSR count). The number of carbonyl (C=O) groups is 1. The Hall–Kier alpha value is -1.10. The van der Waals surface area contributed by atoms with E-state index in [9.17, 15) is 14.3 Å². The van der Waals surface area contributed by atoms with E-state index in [1.165, 1.54) is 18.2 Å². The van der Waals surface area contributed by atoms with Crippen molar-refractivity contribution in [2.45, 2.75) is 19.8 Å². The van der Waals surface area contributed by atoms with Gasteiger partial charge in [-0.3, -0.25) is 4.79 Å². The standard InChI is InChI=1S/C13H17BrFNO2/c1-2-3-8-16(9-7-14)13(18)12-10(15)5-4-6-11(12)17/h4-6,17H,2-3,7-9H2,1H3. The first-order valence-electron chi connectivity index (χ1n) is 5.94. The summed E-state index contributed by atoms with van der Waals surface area (Å²) in [5.41, 5.74) is -0.241. The van der Waals surface area contributed by atoms with E-state index in [0.717, 1.165) is 12.8 Å². The Bertz CT molecular complexity index is 392. The number of carbonyl (C=O) groups excluding carboxylic acids is 1. The zero-order chi connectivity index (χ0) is 13.5. The molecule has 0 heterocycles. The van der Waals surface area contributed by atoms with Crippen LogP contribution in [0.2, 0.25) is 0 Å². The molecular weight excluding hydrogens is 301 g/mol. The van der Waals surface area contributed by atoms with Crippen LogP contribution in [0.4, 0.5) is 4.39 Å². The summed E-state index contributed by atoms with van der Waals surface area (Å²) in [4.78, 5) is 13.7. The second-order valence-electron chi connectivity index (χ2n) is 3.97. The van der Waals surface area contributed by atoms with Gasteiger partial charge in [0.1, 0.15) is 17.1 Å². The van der Waals surface area contributed by atoms with Crippen LogP contribution >= 0.6 is 15.9 Å². The summed E-state index contributed by atoms with van der Waals surface area (Å²) < 4.78 is 13.6. The van der Waals surface area contributed by atoms with E-state index >= 15 is 0 Å². The Morgan fingerprint density at radius 2 is 2.17 bits per heavy atom. The van der Waals surface area contributed by atoms with E-state index < -0.39 is 11.7 Å². The second-order valence-corrected chi connectivity index (χ2v) is 4.76. The Morgan fingerprint density at radius 3 is 2.72 bits per heavy atom. The number of aromatic hydroxyl groups is 1. The van der Waals surface area contributed by atoms with Crippen LogP contribution in [0.15, 0.2) is 18.2 Å². The van der Waals surface area contributed by atoms with Crippen LogP contribution in [0.1, 0.15) is 30.1 Å². The topological polar surface area (TPSA) is 40.5 Å². The van der Waals surface area contributed by atoms with Crippen molar-refractivity contribution in [1.29, 1.82) is 0 Å². The van der Waals surface area contributed by atoms with Crippen LogP contribution < -0.4 is 0 Å². The zero-order valence-electron chi connectivity index (χ0n) is 10.3. The van der Waals surface area contributed by atoms with E-state index in [-0.39, 0.29) is 11.3 Å². The minimum atomic E-state index is -0.684. The van der Waals surface area contributed by atoms with Crippen molar-refractivity contribution >= 4 is 21.8 Å². The van der Waals surface area contributed by atoms with Crippen molar-refractivity contribution in [3.8, 4) is 5.75 Å². The van der Waals surface area contributed by atoms with Crippen LogP contribution in [0.25, 0.3) is 0 Å². The van der Waals surface area contributed by atoms with E-state index in [4.69, 9.17) is 0 Å². The van der Waals surface area contributed by atoms with Crippen molar-refractivity contribution in [3.63, 3.8) is 0 Å². The van der Waals surface area contributed by atoms with Gasteiger partial charge in [-0.15, -0.1) is 0 Å². The van der Waals surface area contributed by atoms with Gasteiger partial charge in [0.2, 0.25) is 0 Å². The lowest BCUT2D eigenvalue weighted by molar-refractivity contribution is 0.0756. The van der Waals surface area contributed by atoms with Crippen molar-refractivity contribution in [2.24, 2.45) is 0 Å². The molecule has 1 aromatic carbocycles. The van der Waals surface area contributed by atoms with Gasteiger partial charge in [-0.05, 0) is 18.6 Å². The molecule has 1 N–H and O–H groups in total. The molecule has 0 spiro atoms. The third kappa shape index (κ3) is 3.70. The molecule has 0 aromatic heterocycles. The maximum absolute atomic E-state index is 13.6. The summed E-state index contributed by atoms with van der Waals surface area (Å²) in [6, 6.07) is 3.88. The Morgan fingerprint density at radius 1 is 1.44 bits per heavy atom. The maximum Gasteiger partial charge on any atom is 0.260 e. The SMILES string of the molecule is CCCCN(CCBr)C(=O)c1c(O)cccc1F. The third-order valence-electron chi connectivity index (χ3n) is 2.63. The molecule has 0 fully saturated rings. The number of rotatable bonds is 6. The molecule has 0 atom stereocenters. The number of alkyl halides is 1. The minimum absolute atomic E-state index is 0.241. The molecule has 0 saturated heterocycles. The molecule has 0 aliphatic heterocycles. The quantitative estimate of drug-likeness (QED) is 0.819. The molecular formula is C13H17BrFNO2. The lowest BCUT2D eigenvalue weighted by atomic mass is 10.1. The predicted molar refractivity (Wildman–Crippen MR) is 72.7 cm³/mol. The monoisotopic (exact) mass is 317 g/mol. The van der Waals surface area contributed by atoms with Crippen molar-refractivity contribution in [3.05, 3.63) is 29.6 Å². The Kier molecular flexibility index (Phi) is 6.12. The van der Waals surface area contributed by atoms with Crippen molar-refractivity contribution < 1.29 is 14.3 Å². The van der Waals surface area contributed by atoms with Crippen LogP contribution in [0, 0.1) is 5.82 Å². The average Bonchev–Trinajstić information content (AvgIpc) is 2.34.